The van der Waals surface area contributed by atoms with Gasteiger partial charge in [0.25, 0.3) is 0 Å². The molecule has 1 aromatic rings. The molecule has 1 aliphatic heterocycles. The van der Waals surface area contributed by atoms with Gasteiger partial charge in [0, 0.05) is 13.1 Å². The first-order valence-corrected chi connectivity index (χ1v) is 6.87. The fourth-order valence-corrected chi connectivity index (χ4v) is 2.67. The third-order valence-electron chi connectivity index (χ3n) is 3.64. The SMILES string of the molecule is CCCC1CCCN(c2cncc(NN)n2)CC1. The number of nitrogens with two attached hydrogens (primary N) is 1. The van der Waals surface area contributed by atoms with E-state index in [1.807, 2.05) is 6.20 Å². The number of nitrogens with zero attached hydrogens (tertiary/aromatic N) is 3. The van der Waals surface area contributed by atoms with Crippen LogP contribution in [0.3, 0.4) is 0 Å². The van der Waals surface area contributed by atoms with E-state index < -0.39 is 0 Å². The molecule has 1 aromatic heterocycles. The van der Waals surface area contributed by atoms with Gasteiger partial charge in [-0.25, -0.2) is 10.8 Å². The minimum Gasteiger partial charge on any atom is -0.355 e. The average molecular weight is 249 g/mol. The number of rotatable bonds is 4. The Labute approximate surface area is 109 Å². The zero-order valence-corrected chi connectivity index (χ0v) is 11.1. The highest BCUT2D eigenvalue weighted by Crippen LogP contribution is 2.24. The second-order valence-electron chi connectivity index (χ2n) is 4.98. The molecule has 0 aliphatic carbocycles. The Hall–Kier alpha value is -1.36. The molecule has 0 spiro atoms. The summed E-state index contributed by atoms with van der Waals surface area (Å²) in [6.07, 6.45) is 9.94. The number of hydrazine groups is 1. The highest BCUT2D eigenvalue weighted by Gasteiger charge is 2.17. The molecule has 0 saturated carbocycles. The van der Waals surface area contributed by atoms with Crippen LogP contribution < -0.4 is 16.2 Å². The van der Waals surface area contributed by atoms with Crippen molar-refractivity contribution >= 4 is 11.6 Å². The van der Waals surface area contributed by atoms with Gasteiger partial charge >= 0.3 is 0 Å². The Balaban J connectivity index is 2.00. The number of hydrogen-bond donors (Lipinski definition) is 2. The standard InChI is InChI=1S/C13H23N5/c1-2-4-11-5-3-7-18(8-6-11)13-10-15-9-12(16-13)17-14/h9-11H,2-8,14H2,1H3,(H,16,17). The number of nitrogen functional groups attached to an aromatic ring is 1. The third-order valence-corrected chi connectivity index (χ3v) is 3.64. The summed E-state index contributed by atoms with van der Waals surface area (Å²) in [4.78, 5) is 10.9. The molecule has 100 valence electrons. The second kappa shape index (κ2) is 6.54. The van der Waals surface area contributed by atoms with Crippen molar-refractivity contribution in [3.63, 3.8) is 0 Å². The van der Waals surface area contributed by atoms with E-state index in [0.29, 0.717) is 5.82 Å². The number of nitrogens with one attached hydrogen (secondary N) is 1. The first-order valence-electron chi connectivity index (χ1n) is 6.87. The molecule has 5 heteroatoms. The lowest BCUT2D eigenvalue weighted by molar-refractivity contribution is 0.435. The molecule has 0 radical (unpaired) electrons. The van der Waals surface area contributed by atoms with Crippen molar-refractivity contribution in [2.24, 2.45) is 11.8 Å². The largest absolute Gasteiger partial charge is 0.355 e. The molecule has 0 bridgehead atoms. The smallest absolute Gasteiger partial charge is 0.160 e. The molecule has 1 unspecified atom stereocenters. The van der Waals surface area contributed by atoms with Crippen molar-refractivity contribution in [1.29, 1.82) is 0 Å². The number of hydrogen-bond acceptors (Lipinski definition) is 5. The molecule has 3 N–H and O–H groups in total. The molecule has 0 aromatic carbocycles. The van der Waals surface area contributed by atoms with Crippen LogP contribution in [-0.2, 0) is 0 Å². The van der Waals surface area contributed by atoms with E-state index in [4.69, 9.17) is 5.84 Å². The van der Waals surface area contributed by atoms with Crippen molar-refractivity contribution in [3.8, 4) is 0 Å². The molecule has 1 aliphatic rings. The van der Waals surface area contributed by atoms with Gasteiger partial charge in [0.2, 0.25) is 0 Å². The number of anilines is 2. The minimum atomic E-state index is 0.627. The predicted molar refractivity (Wildman–Crippen MR) is 74.3 cm³/mol. The van der Waals surface area contributed by atoms with Crippen molar-refractivity contribution in [2.45, 2.75) is 39.0 Å². The van der Waals surface area contributed by atoms with Gasteiger partial charge in [0.05, 0.1) is 12.4 Å². The maximum Gasteiger partial charge on any atom is 0.160 e. The Bertz CT molecular complexity index is 368. The van der Waals surface area contributed by atoms with E-state index in [2.05, 4.69) is 27.2 Å². The summed E-state index contributed by atoms with van der Waals surface area (Å²) in [5.74, 6) is 7.81. The van der Waals surface area contributed by atoms with Crippen LogP contribution in [0.5, 0.6) is 0 Å². The molecule has 1 saturated heterocycles. The van der Waals surface area contributed by atoms with Crippen molar-refractivity contribution in [1.82, 2.24) is 9.97 Å². The maximum atomic E-state index is 5.37. The summed E-state index contributed by atoms with van der Waals surface area (Å²) >= 11 is 0. The molecule has 0 amide bonds. The quantitative estimate of drug-likeness (QED) is 0.632. The highest BCUT2D eigenvalue weighted by molar-refractivity contribution is 5.43. The van der Waals surface area contributed by atoms with Crippen LogP contribution in [-0.4, -0.2) is 23.1 Å². The van der Waals surface area contributed by atoms with Gasteiger partial charge in [0.1, 0.15) is 5.82 Å². The lowest BCUT2D eigenvalue weighted by atomic mass is 9.96. The van der Waals surface area contributed by atoms with E-state index in [0.717, 1.165) is 24.8 Å². The van der Waals surface area contributed by atoms with Gasteiger partial charge in [-0.1, -0.05) is 19.8 Å². The Kier molecular flexibility index (Phi) is 4.75. The molecule has 2 heterocycles. The van der Waals surface area contributed by atoms with E-state index in [9.17, 15) is 0 Å². The van der Waals surface area contributed by atoms with Crippen LogP contribution in [0.25, 0.3) is 0 Å². The van der Waals surface area contributed by atoms with E-state index in [-0.39, 0.29) is 0 Å². The van der Waals surface area contributed by atoms with Crippen LogP contribution in [0.1, 0.15) is 39.0 Å². The lowest BCUT2D eigenvalue weighted by Gasteiger charge is -2.21. The Morgan fingerprint density at radius 3 is 3.06 bits per heavy atom. The van der Waals surface area contributed by atoms with Gasteiger partial charge < -0.3 is 10.3 Å². The van der Waals surface area contributed by atoms with E-state index in [1.165, 1.54) is 32.1 Å². The Morgan fingerprint density at radius 2 is 2.28 bits per heavy atom. The van der Waals surface area contributed by atoms with Crippen molar-refractivity contribution < 1.29 is 0 Å². The molecule has 1 fully saturated rings. The van der Waals surface area contributed by atoms with Crippen LogP contribution in [0.15, 0.2) is 12.4 Å². The fourth-order valence-electron chi connectivity index (χ4n) is 2.67. The fraction of sp³-hybridized carbons (Fsp3) is 0.692. The topological polar surface area (TPSA) is 67.1 Å². The van der Waals surface area contributed by atoms with E-state index >= 15 is 0 Å². The van der Waals surface area contributed by atoms with Crippen LogP contribution in [0.4, 0.5) is 11.6 Å². The molecular weight excluding hydrogens is 226 g/mol. The monoisotopic (exact) mass is 249 g/mol. The lowest BCUT2D eigenvalue weighted by Crippen LogP contribution is -2.26. The molecular formula is C13H23N5. The van der Waals surface area contributed by atoms with Crippen molar-refractivity contribution in [3.05, 3.63) is 12.4 Å². The Morgan fingerprint density at radius 1 is 1.39 bits per heavy atom. The molecule has 2 rings (SSSR count). The summed E-state index contributed by atoms with van der Waals surface area (Å²) in [5, 5.41) is 0. The maximum absolute atomic E-state index is 5.37. The first kappa shape index (κ1) is 13.1. The summed E-state index contributed by atoms with van der Waals surface area (Å²) in [5.41, 5.74) is 2.55. The molecule has 18 heavy (non-hydrogen) atoms. The second-order valence-corrected chi connectivity index (χ2v) is 4.98. The molecule has 5 nitrogen and oxygen atoms in total. The summed E-state index contributed by atoms with van der Waals surface area (Å²) in [6.45, 7) is 4.42. The highest BCUT2D eigenvalue weighted by atomic mass is 15.3. The molecule has 1 atom stereocenters. The summed E-state index contributed by atoms with van der Waals surface area (Å²) in [7, 11) is 0. The number of aromatic nitrogens is 2. The normalized spacial score (nSPS) is 20.6. The zero-order chi connectivity index (χ0) is 12.8. The van der Waals surface area contributed by atoms with Crippen LogP contribution >= 0.6 is 0 Å². The predicted octanol–water partition coefficient (Wildman–Crippen LogP) is 2.17. The van der Waals surface area contributed by atoms with Gasteiger partial charge in [-0.05, 0) is 25.2 Å². The van der Waals surface area contributed by atoms with Gasteiger partial charge in [-0.2, -0.15) is 0 Å². The van der Waals surface area contributed by atoms with Crippen LogP contribution in [0.2, 0.25) is 0 Å². The summed E-state index contributed by atoms with van der Waals surface area (Å²) in [6, 6.07) is 0. The van der Waals surface area contributed by atoms with Crippen molar-refractivity contribution in [2.75, 3.05) is 23.4 Å². The van der Waals surface area contributed by atoms with Crippen LogP contribution in [0, 0.1) is 5.92 Å². The zero-order valence-electron chi connectivity index (χ0n) is 11.1. The first-order chi connectivity index (χ1) is 8.83. The summed E-state index contributed by atoms with van der Waals surface area (Å²) < 4.78 is 0. The average Bonchev–Trinajstić information content (AvgIpc) is 2.65. The minimum absolute atomic E-state index is 0.627. The third kappa shape index (κ3) is 3.32. The van der Waals surface area contributed by atoms with Gasteiger partial charge in [-0.3, -0.25) is 4.98 Å². The van der Waals surface area contributed by atoms with E-state index in [1.54, 1.807) is 6.20 Å². The van der Waals surface area contributed by atoms with Gasteiger partial charge in [0.15, 0.2) is 5.82 Å². The van der Waals surface area contributed by atoms with Gasteiger partial charge in [-0.15, -0.1) is 0 Å².